The Kier molecular flexibility index (Phi) is 4.60. The van der Waals surface area contributed by atoms with Crippen molar-refractivity contribution in [2.45, 2.75) is 58.4 Å². The van der Waals surface area contributed by atoms with Crippen molar-refractivity contribution in [1.29, 1.82) is 0 Å². The Balaban J connectivity index is 2.25. The van der Waals surface area contributed by atoms with E-state index in [4.69, 9.17) is 4.74 Å². The summed E-state index contributed by atoms with van der Waals surface area (Å²) in [5.41, 5.74) is 1.92. The number of benzene rings is 1. The molecular weight excluding hydrogens is 262 g/mol. The summed E-state index contributed by atoms with van der Waals surface area (Å²) >= 11 is 0. The van der Waals surface area contributed by atoms with E-state index in [-0.39, 0.29) is 5.97 Å². The molecule has 3 nitrogen and oxygen atoms in total. The first-order valence-corrected chi connectivity index (χ1v) is 7.80. The number of anilines is 1. The Bertz CT molecular complexity index is 492. The monoisotopic (exact) mass is 289 g/mol. The molecule has 0 spiro atoms. The summed E-state index contributed by atoms with van der Waals surface area (Å²) in [5, 5.41) is 3.48. The van der Waals surface area contributed by atoms with Crippen LogP contribution in [0.25, 0.3) is 0 Å². The third-order valence-electron chi connectivity index (χ3n) is 4.70. The average molecular weight is 289 g/mol. The minimum atomic E-state index is -0.586. The number of carbonyl (C=O) groups excluding carboxylic acids is 1. The van der Waals surface area contributed by atoms with Gasteiger partial charge in [0.1, 0.15) is 5.54 Å². The van der Waals surface area contributed by atoms with Crippen molar-refractivity contribution < 1.29 is 9.53 Å². The van der Waals surface area contributed by atoms with Crippen molar-refractivity contribution >= 4 is 11.7 Å². The van der Waals surface area contributed by atoms with Gasteiger partial charge in [0, 0.05) is 5.69 Å². The molecule has 1 unspecified atom stereocenters. The first-order valence-electron chi connectivity index (χ1n) is 7.80. The number of rotatable bonds is 3. The highest BCUT2D eigenvalue weighted by molar-refractivity contribution is 5.84. The lowest BCUT2D eigenvalue weighted by atomic mass is 9.83. The second kappa shape index (κ2) is 6.08. The highest BCUT2D eigenvalue weighted by atomic mass is 16.5. The van der Waals surface area contributed by atoms with Crippen LogP contribution in [0.4, 0.5) is 5.69 Å². The summed E-state index contributed by atoms with van der Waals surface area (Å²) in [5.74, 6) is -0.138. The SMILES string of the molecule is COC(=O)C1(Nc2ccc(C)cc2)CCCC(C)(C)CC1. The van der Waals surface area contributed by atoms with Crippen LogP contribution in [0.2, 0.25) is 0 Å². The largest absolute Gasteiger partial charge is 0.467 e. The highest BCUT2D eigenvalue weighted by Gasteiger charge is 2.42. The smallest absolute Gasteiger partial charge is 0.331 e. The van der Waals surface area contributed by atoms with Crippen LogP contribution in [-0.4, -0.2) is 18.6 Å². The predicted octanol–water partition coefficient (Wildman–Crippen LogP) is 4.31. The summed E-state index contributed by atoms with van der Waals surface area (Å²) in [4.78, 5) is 12.4. The van der Waals surface area contributed by atoms with Crippen LogP contribution in [0.5, 0.6) is 0 Å². The molecule has 1 N–H and O–H groups in total. The van der Waals surface area contributed by atoms with Crippen molar-refractivity contribution in [3.8, 4) is 0 Å². The van der Waals surface area contributed by atoms with Crippen molar-refractivity contribution in [2.75, 3.05) is 12.4 Å². The lowest BCUT2D eigenvalue weighted by Gasteiger charge is -2.32. The van der Waals surface area contributed by atoms with Crippen molar-refractivity contribution in [1.82, 2.24) is 0 Å². The van der Waals surface area contributed by atoms with E-state index >= 15 is 0 Å². The van der Waals surface area contributed by atoms with Gasteiger partial charge in [0.15, 0.2) is 0 Å². The van der Waals surface area contributed by atoms with Gasteiger partial charge in [-0.05, 0) is 56.6 Å². The van der Waals surface area contributed by atoms with E-state index in [1.807, 2.05) is 12.1 Å². The first kappa shape index (κ1) is 15.9. The van der Waals surface area contributed by atoms with E-state index in [9.17, 15) is 4.79 Å². The maximum absolute atomic E-state index is 12.4. The van der Waals surface area contributed by atoms with Crippen LogP contribution in [0.1, 0.15) is 51.5 Å². The first-order chi connectivity index (χ1) is 9.87. The minimum Gasteiger partial charge on any atom is -0.467 e. The number of carbonyl (C=O) groups is 1. The fraction of sp³-hybridized carbons (Fsp3) is 0.611. The Morgan fingerprint density at radius 3 is 2.38 bits per heavy atom. The Hall–Kier alpha value is -1.51. The number of ether oxygens (including phenoxy) is 1. The molecule has 0 aromatic heterocycles. The number of nitrogens with one attached hydrogen (secondary N) is 1. The number of hydrogen-bond donors (Lipinski definition) is 1. The Morgan fingerprint density at radius 1 is 1.10 bits per heavy atom. The molecule has 116 valence electrons. The van der Waals surface area contributed by atoms with Crippen molar-refractivity contribution in [2.24, 2.45) is 5.41 Å². The van der Waals surface area contributed by atoms with Crippen molar-refractivity contribution in [3.05, 3.63) is 29.8 Å². The van der Waals surface area contributed by atoms with Gasteiger partial charge in [0.25, 0.3) is 0 Å². The molecule has 1 aliphatic rings. The molecule has 2 rings (SSSR count). The standard InChI is InChI=1S/C18H27NO2/c1-14-6-8-15(9-7-14)19-18(16(20)21-4)11-5-10-17(2,3)12-13-18/h6-9,19H,5,10-13H2,1-4H3. The summed E-state index contributed by atoms with van der Waals surface area (Å²) in [6.45, 7) is 6.63. The molecule has 0 heterocycles. The zero-order chi connectivity index (χ0) is 15.5. The van der Waals surface area contributed by atoms with Gasteiger partial charge in [-0.2, -0.15) is 0 Å². The van der Waals surface area contributed by atoms with Crippen LogP contribution in [-0.2, 0) is 9.53 Å². The second-order valence-electron chi connectivity index (χ2n) is 7.08. The van der Waals surface area contributed by atoms with Gasteiger partial charge >= 0.3 is 5.97 Å². The molecule has 0 amide bonds. The molecule has 3 heteroatoms. The van der Waals surface area contributed by atoms with E-state index in [2.05, 4.69) is 38.2 Å². The van der Waals surface area contributed by atoms with E-state index < -0.39 is 5.54 Å². The summed E-state index contributed by atoms with van der Waals surface area (Å²) < 4.78 is 5.11. The van der Waals surface area contributed by atoms with Crippen LogP contribution in [0.15, 0.2) is 24.3 Å². The summed E-state index contributed by atoms with van der Waals surface area (Å²) in [7, 11) is 1.48. The van der Waals surface area contributed by atoms with Crippen LogP contribution < -0.4 is 5.32 Å². The zero-order valence-electron chi connectivity index (χ0n) is 13.7. The molecule has 1 aromatic carbocycles. The molecule has 21 heavy (non-hydrogen) atoms. The van der Waals surface area contributed by atoms with E-state index in [0.717, 1.165) is 37.8 Å². The number of methoxy groups -OCH3 is 1. The van der Waals surface area contributed by atoms with Crippen molar-refractivity contribution in [3.63, 3.8) is 0 Å². The van der Waals surface area contributed by atoms with Gasteiger partial charge in [-0.15, -0.1) is 0 Å². The number of esters is 1. The van der Waals surface area contributed by atoms with Crippen LogP contribution in [0, 0.1) is 12.3 Å². The lowest BCUT2D eigenvalue weighted by molar-refractivity contribution is -0.146. The van der Waals surface area contributed by atoms with Gasteiger partial charge < -0.3 is 10.1 Å². The number of aryl methyl sites for hydroxylation is 1. The van der Waals surface area contributed by atoms with Gasteiger partial charge in [-0.3, -0.25) is 0 Å². The molecule has 1 saturated carbocycles. The molecule has 0 saturated heterocycles. The van der Waals surface area contributed by atoms with Crippen LogP contribution >= 0.6 is 0 Å². The third-order valence-corrected chi connectivity index (χ3v) is 4.70. The van der Waals surface area contributed by atoms with E-state index in [1.165, 1.54) is 12.7 Å². The Labute approximate surface area is 128 Å². The van der Waals surface area contributed by atoms with Gasteiger partial charge in [0.2, 0.25) is 0 Å². The number of hydrogen-bond acceptors (Lipinski definition) is 3. The molecule has 1 atom stereocenters. The fourth-order valence-electron chi connectivity index (χ4n) is 3.16. The van der Waals surface area contributed by atoms with Gasteiger partial charge in [0.05, 0.1) is 7.11 Å². The second-order valence-corrected chi connectivity index (χ2v) is 7.08. The van der Waals surface area contributed by atoms with Gasteiger partial charge in [-0.25, -0.2) is 4.79 Å². The Morgan fingerprint density at radius 2 is 1.76 bits per heavy atom. The average Bonchev–Trinajstić information content (AvgIpc) is 2.60. The zero-order valence-corrected chi connectivity index (χ0v) is 13.7. The molecular formula is C18H27NO2. The molecule has 0 radical (unpaired) electrons. The molecule has 0 aliphatic heterocycles. The molecule has 0 bridgehead atoms. The quantitative estimate of drug-likeness (QED) is 0.665. The molecule has 1 aliphatic carbocycles. The maximum atomic E-state index is 12.4. The normalized spacial score (nSPS) is 25.0. The minimum absolute atomic E-state index is 0.138. The summed E-state index contributed by atoms with van der Waals surface area (Å²) in [6.07, 6.45) is 4.88. The van der Waals surface area contributed by atoms with Gasteiger partial charge in [-0.1, -0.05) is 31.5 Å². The molecule has 1 fully saturated rings. The lowest BCUT2D eigenvalue weighted by Crippen LogP contribution is -2.47. The highest BCUT2D eigenvalue weighted by Crippen LogP contribution is 2.40. The third kappa shape index (κ3) is 3.78. The van der Waals surface area contributed by atoms with E-state index in [0.29, 0.717) is 5.41 Å². The van der Waals surface area contributed by atoms with Crippen LogP contribution in [0.3, 0.4) is 0 Å². The predicted molar refractivity (Wildman–Crippen MR) is 86.4 cm³/mol. The van der Waals surface area contributed by atoms with E-state index in [1.54, 1.807) is 0 Å². The topological polar surface area (TPSA) is 38.3 Å². The molecule has 1 aromatic rings. The fourth-order valence-corrected chi connectivity index (χ4v) is 3.16. The maximum Gasteiger partial charge on any atom is 0.331 e. The summed E-state index contributed by atoms with van der Waals surface area (Å²) in [6, 6.07) is 8.20.